The number of alkyl halides is 3. The Morgan fingerprint density at radius 3 is 2.41 bits per heavy atom. The van der Waals surface area contributed by atoms with E-state index in [2.05, 4.69) is 0 Å². The number of benzene rings is 3. The highest BCUT2D eigenvalue weighted by Gasteiger charge is 2.37. The zero-order valence-corrected chi connectivity index (χ0v) is 22.1. The molecule has 1 aliphatic rings. The summed E-state index contributed by atoms with van der Waals surface area (Å²) < 4.78 is 87.4. The van der Waals surface area contributed by atoms with Gasteiger partial charge in [-0.05, 0) is 54.4 Å². The number of carboxylic acid groups (broad SMARTS) is 1. The molecule has 0 fully saturated rings. The van der Waals surface area contributed by atoms with Crippen LogP contribution in [0.15, 0.2) is 59.5 Å². The van der Waals surface area contributed by atoms with Crippen molar-refractivity contribution in [1.29, 1.82) is 0 Å². The number of hydrogen-bond acceptors (Lipinski definition) is 4. The van der Waals surface area contributed by atoms with Gasteiger partial charge in [0.25, 0.3) is 10.0 Å². The molecule has 3 aromatic carbocycles. The van der Waals surface area contributed by atoms with Crippen molar-refractivity contribution in [1.82, 2.24) is 0 Å². The molecule has 39 heavy (non-hydrogen) atoms. The molecule has 1 unspecified atom stereocenters. The second-order valence-corrected chi connectivity index (χ2v) is 11.3. The minimum atomic E-state index is -4.76. The molecule has 1 aliphatic heterocycles. The first kappa shape index (κ1) is 28.7. The van der Waals surface area contributed by atoms with E-state index in [9.17, 15) is 30.8 Å². The lowest BCUT2D eigenvalue weighted by atomic mass is 10.1. The molecule has 0 spiro atoms. The SMILES string of the molecule is O=C(O)CCC1CN(S(=O)(=O)c2cccc(C(F)(F)F)c2)c2cc(C=Cc3c(Cl)cc(F)cc3Cl)ccc2O1. The summed E-state index contributed by atoms with van der Waals surface area (Å²) in [7, 11) is -4.53. The van der Waals surface area contributed by atoms with Crippen LogP contribution in [0.5, 0.6) is 5.75 Å². The number of rotatable bonds is 7. The minimum Gasteiger partial charge on any atom is -0.486 e. The van der Waals surface area contributed by atoms with Crippen LogP contribution in [-0.2, 0) is 21.0 Å². The number of carbonyl (C=O) groups is 1. The fourth-order valence-corrected chi connectivity index (χ4v) is 6.08. The number of aliphatic carboxylic acids is 1. The van der Waals surface area contributed by atoms with E-state index in [0.717, 1.165) is 34.6 Å². The highest BCUT2D eigenvalue weighted by Crippen LogP contribution is 2.40. The van der Waals surface area contributed by atoms with Gasteiger partial charge in [-0.15, -0.1) is 0 Å². The molecule has 0 bridgehead atoms. The lowest BCUT2D eigenvalue weighted by Gasteiger charge is -2.35. The van der Waals surface area contributed by atoms with Crippen LogP contribution < -0.4 is 9.04 Å². The summed E-state index contributed by atoms with van der Waals surface area (Å²) in [5, 5.41) is 9.15. The summed E-state index contributed by atoms with van der Waals surface area (Å²) in [6.07, 6.45) is -2.94. The van der Waals surface area contributed by atoms with Crippen molar-refractivity contribution in [3.05, 3.63) is 87.2 Å². The van der Waals surface area contributed by atoms with Crippen molar-refractivity contribution >= 4 is 57.0 Å². The van der Waals surface area contributed by atoms with Gasteiger partial charge in [-0.3, -0.25) is 9.10 Å². The summed E-state index contributed by atoms with van der Waals surface area (Å²) in [6.45, 7) is -0.332. The number of carboxylic acids is 1. The molecule has 1 atom stereocenters. The number of halogens is 6. The smallest absolute Gasteiger partial charge is 0.416 e. The number of anilines is 1. The van der Waals surface area contributed by atoms with Gasteiger partial charge in [-0.25, -0.2) is 12.8 Å². The molecule has 1 N–H and O–H groups in total. The summed E-state index contributed by atoms with van der Waals surface area (Å²) in [6, 6.07) is 9.98. The van der Waals surface area contributed by atoms with Gasteiger partial charge in [0, 0.05) is 12.0 Å². The normalized spacial score (nSPS) is 15.7. The van der Waals surface area contributed by atoms with E-state index in [1.807, 2.05) is 0 Å². The Balaban J connectivity index is 1.76. The zero-order chi connectivity index (χ0) is 28.5. The maximum atomic E-state index is 13.6. The first-order chi connectivity index (χ1) is 18.3. The van der Waals surface area contributed by atoms with Crippen LogP contribution in [0.3, 0.4) is 0 Å². The number of hydrogen-bond donors (Lipinski definition) is 1. The monoisotopic (exact) mass is 603 g/mol. The number of nitrogens with zero attached hydrogens (tertiary/aromatic N) is 1. The first-order valence-electron chi connectivity index (χ1n) is 11.3. The van der Waals surface area contributed by atoms with E-state index in [-0.39, 0.29) is 40.9 Å². The first-order valence-corrected chi connectivity index (χ1v) is 13.5. The van der Waals surface area contributed by atoms with E-state index in [1.165, 1.54) is 24.3 Å². The van der Waals surface area contributed by atoms with Gasteiger partial charge < -0.3 is 9.84 Å². The third-order valence-electron chi connectivity index (χ3n) is 5.83. The maximum Gasteiger partial charge on any atom is 0.416 e. The lowest BCUT2D eigenvalue weighted by molar-refractivity contribution is -0.138. The average Bonchev–Trinajstić information content (AvgIpc) is 2.85. The van der Waals surface area contributed by atoms with Crippen LogP contribution in [0.1, 0.15) is 29.5 Å². The second kappa shape index (κ2) is 11.1. The average molecular weight is 604 g/mol. The Kier molecular flexibility index (Phi) is 8.15. The molecule has 0 saturated heterocycles. The number of ether oxygens (including phenoxy) is 1. The van der Waals surface area contributed by atoms with Gasteiger partial charge in [0.2, 0.25) is 0 Å². The van der Waals surface area contributed by atoms with Crippen LogP contribution in [0.4, 0.5) is 23.2 Å². The fourth-order valence-electron chi connectivity index (χ4n) is 3.95. The molecule has 3 aromatic rings. The highest BCUT2D eigenvalue weighted by molar-refractivity contribution is 7.92. The van der Waals surface area contributed by atoms with Crippen molar-refractivity contribution in [2.45, 2.75) is 30.0 Å². The van der Waals surface area contributed by atoms with E-state index in [0.29, 0.717) is 17.2 Å². The van der Waals surface area contributed by atoms with E-state index in [1.54, 1.807) is 6.07 Å². The summed E-state index contributed by atoms with van der Waals surface area (Å²) in [5.41, 5.74) is -0.334. The van der Waals surface area contributed by atoms with Gasteiger partial charge >= 0.3 is 12.1 Å². The molecule has 1 heterocycles. The van der Waals surface area contributed by atoms with Crippen molar-refractivity contribution in [2.75, 3.05) is 10.8 Å². The molecule has 13 heteroatoms. The van der Waals surface area contributed by atoms with Gasteiger partial charge in [-0.2, -0.15) is 13.2 Å². The molecule has 6 nitrogen and oxygen atoms in total. The molecule has 0 radical (unpaired) electrons. The van der Waals surface area contributed by atoms with Gasteiger partial charge in [0.05, 0.1) is 32.7 Å². The molecule has 0 aromatic heterocycles. The van der Waals surface area contributed by atoms with Crippen LogP contribution in [0, 0.1) is 5.82 Å². The predicted molar refractivity (Wildman–Crippen MR) is 139 cm³/mol. The van der Waals surface area contributed by atoms with E-state index >= 15 is 0 Å². The van der Waals surface area contributed by atoms with Gasteiger partial charge in [-0.1, -0.05) is 47.5 Å². The minimum absolute atomic E-state index is 0.0351. The quantitative estimate of drug-likeness (QED) is 0.229. The molecular weight excluding hydrogens is 585 g/mol. The van der Waals surface area contributed by atoms with Crippen LogP contribution in [0.25, 0.3) is 12.2 Å². The van der Waals surface area contributed by atoms with E-state index in [4.69, 9.17) is 33.0 Å². The third kappa shape index (κ3) is 6.48. The maximum absolute atomic E-state index is 13.6. The molecule has 4 rings (SSSR count). The summed E-state index contributed by atoms with van der Waals surface area (Å²) in [5.74, 6) is -1.64. The molecule has 206 valence electrons. The fraction of sp³-hybridized carbons (Fsp3) is 0.192. The topological polar surface area (TPSA) is 83.9 Å². The Labute approximate surface area is 231 Å². The van der Waals surface area contributed by atoms with Crippen LogP contribution >= 0.6 is 23.2 Å². The van der Waals surface area contributed by atoms with Crippen molar-refractivity contribution in [3.8, 4) is 5.75 Å². The standard InChI is InChI=1S/C26H19Cl2F4NO5S/c27-21-12-17(29)13-22(28)20(21)7-4-15-5-8-24-23(10-15)33(14-18(38-24)6-9-25(34)35)39(36,37)19-3-1-2-16(11-19)26(30,31)32/h1-5,7-8,10-13,18H,6,9,14H2,(H,34,35). The lowest BCUT2D eigenvalue weighted by Crippen LogP contribution is -2.43. The van der Waals surface area contributed by atoms with Crippen molar-refractivity contribution < 1.29 is 40.6 Å². The Morgan fingerprint density at radius 2 is 1.77 bits per heavy atom. The number of fused-ring (bicyclic) bond motifs is 1. The molecule has 0 saturated carbocycles. The zero-order valence-electron chi connectivity index (χ0n) is 19.8. The highest BCUT2D eigenvalue weighted by atomic mass is 35.5. The predicted octanol–water partition coefficient (Wildman–Crippen LogP) is 7.14. The molecule has 0 amide bonds. The van der Waals surface area contributed by atoms with Gasteiger partial charge in [0.1, 0.15) is 17.7 Å². The number of sulfonamides is 1. The summed E-state index contributed by atoms with van der Waals surface area (Å²) in [4.78, 5) is 10.5. The summed E-state index contributed by atoms with van der Waals surface area (Å²) >= 11 is 12.1. The Hall–Kier alpha value is -3.28. The van der Waals surface area contributed by atoms with Crippen molar-refractivity contribution in [2.24, 2.45) is 0 Å². The molecule has 0 aliphatic carbocycles. The second-order valence-electron chi connectivity index (χ2n) is 8.58. The largest absolute Gasteiger partial charge is 0.486 e. The third-order valence-corrected chi connectivity index (χ3v) is 8.23. The van der Waals surface area contributed by atoms with Crippen LogP contribution in [0.2, 0.25) is 10.0 Å². The van der Waals surface area contributed by atoms with Crippen molar-refractivity contribution in [3.63, 3.8) is 0 Å². The van der Waals surface area contributed by atoms with E-state index < -0.39 is 44.5 Å². The van der Waals surface area contributed by atoms with Crippen LogP contribution in [-0.4, -0.2) is 32.1 Å². The Morgan fingerprint density at radius 1 is 1.08 bits per heavy atom. The Bertz CT molecular complexity index is 1540. The molecular formula is C26H19Cl2F4NO5S. The van der Waals surface area contributed by atoms with Gasteiger partial charge in [0.15, 0.2) is 0 Å².